The monoisotopic (exact) mass is 266 g/mol. The average Bonchev–Trinajstić information content (AvgIpc) is 2.47. The van der Waals surface area contributed by atoms with Crippen LogP contribution in [0.2, 0.25) is 0 Å². The van der Waals surface area contributed by atoms with Crippen molar-refractivity contribution in [2.24, 2.45) is 0 Å². The zero-order chi connectivity index (χ0) is 14.1. The Hall–Kier alpha value is -0.560. The minimum Gasteiger partial charge on any atom is -0.379 e. The molecule has 0 aromatic carbocycles. The van der Waals surface area contributed by atoms with Crippen molar-refractivity contribution in [3.63, 3.8) is 0 Å². The molecule has 0 saturated carbocycles. The Morgan fingerprint density at radius 3 is 2.53 bits per heavy atom. The van der Waals surface area contributed by atoms with Gasteiger partial charge in [-0.1, -0.05) is 13.8 Å². The quantitative estimate of drug-likeness (QED) is 0.715. The Balaban J connectivity index is 2.79. The molecule has 0 aromatic rings. The molecule has 1 rings (SSSR count). The molecule has 1 aliphatic heterocycles. The minimum atomic E-state index is 0.169. The van der Waals surface area contributed by atoms with Crippen molar-refractivity contribution in [3.8, 4) is 11.8 Å². The van der Waals surface area contributed by atoms with E-state index in [1.54, 1.807) is 0 Å². The minimum absolute atomic E-state index is 0.169. The molecule has 1 N–H and O–H groups in total. The summed E-state index contributed by atoms with van der Waals surface area (Å²) >= 11 is 0. The molecule has 0 bridgehead atoms. The normalized spacial score (nSPS) is 21.3. The number of rotatable bonds is 7. The van der Waals surface area contributed by atoms with Crippen LogP contribution in [-0.2, 0) is 4.74 Å². The third-order valence-corrected chi connectivity index (χ3v) is 4.32. The summed E-state index contributed by atoms with van der Waals surface area (Å²) < 4.78 is 5.49. The maximum atomic E-state index is 5.49. The highest BCUT2D eigenvalue weighted by molar-refractivity contribution is 5.06. The second kappa shape index (κ2) is 8.58. The predicted octanol–water partition coefficient (Wildman–Crippen LogP) is 2.27. The summed E-state index contributed by atoms with van der Waals surface area (Å²) in [7, 11) is 0. The van der Waals surface area contributed by atoms with Crippen LogP contribution in [0, 0.1) is 11.8 Å². The van der Waals surface area contributed by atoms with Crippen molar-refractivity contribution < 1.29 is 4.74 Å². The van der Waals surface area contributed by atoms with E-state index in [-0.39, 0.29) is 5.54 Å². The number of ether oxygens (including phenoxy) is 1. The zero-order valence-corrected chi connectivity index (χ0v) is 13.1. The van der Waals surface area contributed by atoms with Crippen molar-refractivity contribution in [2.75, 3.05) is 32.8 Å². The van der Waals surface area contributed by atoms with E-state index in [0.717, 1.165) is 45.7 Å². The molecule has 0 amide bonds. The van der Waals surface area contributed by atoms with Gasteiger partial charge in [-0.3, -0.25) is 4.90 Å². The van der Waals surface area contributed by atoms with Crippen molar-refractivity contribution in [3.05, 3.63) is 0 Å². The van der Waals surface area contributed by atoms with Gasteiger partial charge in [0.15, 0.2) is 0 Å². The third kappa shape index (κ3) is 4.49. The lowest BCUT2D eigenvalue weighted by Crippen LogP contribution is -2.61. The number of morpholine rings is 1. The molecule has 2 atom stereocenters. The molecule has 1 saturated heterocycles. The van der Waals surface area contributed by atoms with Gasteiger partial charge in [-0.2, -0.15) is 0 Å². The summed E-state index contributed by atoms with van der Waals surface area (Å²) in [6, 6.07) is 0.433. The van der Waals surface area contributed by atoms with Gasteiger partial charge < -0.3 is 10.1 Å². The lowest BCUT2D eigenvalue weighted by Gasteiger charge is -2.47. The fraction of sp³-hybridized carbons (Fsp3) is 0.875. The molecule has 1 fully saturated rings. The van der Waals surface area contributed by atoms with Gasteiger partial charge in [0.05, 0.1) is 13.2 Å². The van der Waals surface area contributed by atoms with Crippen LogP contribution in [0.1, 0.15) is 47.0 Å². The van der Waals surface area contributed by atoms with Crippen LogP contribution in [0.4, 0.5) is 0 Å². The van der Waals surface area contributed by atoms with Crippen molar-refractivity contribution in [1.82, 2.24) is 10.2 Å². The van der Waals surface area contributed by atoms with E-state index >= 15 is 0 Å². The summed E-state index contributed by atoms with van der Waals surface area (Å²) in [5.41, 5.74) is 0.169. The van der Waals surface area contributed by atoms with E-state index in [1.165, 1.54) is 6.42 Å². The molecule has 1 heterocycles. The molecule has 3 nitrogen and oxygen atoms in total. The van der Waals surface area contributed by atoms with Crippen LogP contribution >= 0.6 is 0 Å². The summed E-state index contributed by atoms with van der Waals surface area (Å²) in [5, 5.41) is 3.71. The van der Waals surface area contributed by atoms with Crippen molar-refractivity contribution in [2.45, 2.75) is 58.5 Å². The number of hydrogen-bond acceptors (Lipinski definition) is 3. The van der Waals surface area contributed by atoms with E-state index in [0.29, 0.717) is 6.04 Å². The molecule has 0 spiro atoms. The second-order valence-corrected chi connectivity index (χ2v) is 5.45. The summed E-state index contributed by atoms with van der Waals surface area (Å²) in [6.45, 7) is 13.7. The van der Waals surface area contributed by atoms with Gasteiger partial charge in [0.1, 0.15) is 0 Å². The molecule has 0 radical (unpaired) electrons. The van der Waals surface area contributed by atoms with Crippen LogP contribution in [-0.4, -0.2) is 49.3 Å². The third-order valence-electron chi connectivity index (χ3n) is 4.32. The van der Waals surface area contributed by atoms with E-state index < -0.39 is 0 Å². The first-order valence-corrected chi connectivity index (χ1v) is 7.64. The first-order chi connectivity index (χ1) is 9.19. The summed E-state index contributed by atoms with van der Waals surface area (Å²) in [4.78, 5) is 2.58. The van der Waals surface area contributed by atoms with Gasteiger partial charge in [-0.15, -0.1) is 11.8 Å². The maximum Gasteiger partial charge on any atom is 0.0594 e. The van der Waals surface area contributed by atoms with Crippen LogP contribution < -0.4 is 5.32 Å². The lowest BCUT2D eigenvalue weighted by atomic mass is 9.84. The molecule has 2 unspecified atom stereocenters. The highest BCUT2D eigenvalue weighted by Gasteiger charge is 2.38. The fourth-order valence-corrected chi connectivity index (χ4v) is 2.80. The molecule has 1 aliphatic rings. The molecular weight excluding hydrogens is 236 g/mol. The Kier molecular flexibility index (Phi) is 7.45. The van der Waals surface area contributed by atoms with Crippen LogP contribution in [0.3, 0.4) is 0 Å². The molecule has 0 aromatic heterocycles. The van der Waals surface area contributed by atoms with Gasteiger partial charge in [-0.25, -0.2) is 0 Å². The van der Waals surface area contributed by atoms with E-state index in [1.807, 2.05) is 6.92 Å². The van der Waals surface area contributed by atoms with Gasteiger partial charge in [0.2, 0.25) is 0 Å². The van der Waals surface area contributed by atoms with Gasteiger partial charge >= 0.3 is 0 Å². The predicted molar refractivity (Wildman–Crippen MR) is 81.2 cm³/mol. The van der Waals surface area contributed by atoms with E-state index in [4.69, 9.17) is 4.74 Å². The standard InChI is InChI=1S/C16H30N2O/c1-5-8-9-15(17-10-6-2)16(4,7-3)18-11-13-19-14-12-18/h15,17H,6-7,9-14H2,1-4H3. The first-order valence-electron chi connectivity index (χ1n) is 7.64. The Labute approximate surface area is 119 Å². The van der Waals surface area contributed by atoms with Gasteiger partial charge in [-0.05, 0) is 33.2 Å². The number of nitrogens with one attached hydrogen (secondary N) is 1. The SMILES string of the molecule is CC#CCC(NCCC)C(C)(CC)N1CCOCC1. The number of hydrogen-bond donors (Lipinski definition) is 1. The molecule has 3 heteroatoms. The highest BCUT2D eigenvalue weighted by Crippen LogP contribution is 2.26. The van der Waals surface area contributed by atoms with Gasteiger partial charge in [0, 0.05) is 31.1 Å². The molecule has 0 aliphatic carbocycles. The summed E-state index contributed by atoms with van der Waals surface area (Å²) in [6.07, 6.45) is 3.23. The average molecular weight is 266 g/mol. The van der Waals surface area contributed by atoms with Crippen molar-refractivity contribution in [1.29, 1.82) is 0 Å². The van der Waals surface area contributed by atoms with E-state index in [9.17, 15) is 0 Å². The van der Waals surface area contributed by atoms with Crippen LogP contribution in [0.15, 0.2) is 0 Å². The molecule has 110 valence electrons. The smallest absolute Gasteiger partial charge is 0.0594 e. The largest absolute Gasteiger partial charge is 0.379 e. The summed E-state index contributed by atoms with van der Waals surface area (Å²) in [5.74, 6) is 6.31. The molecular formula is C16H30N2O. The fourth-order valence-electron chi connectivity index (χ4n) is 2.80. The topological polar surface area (TPSA) is 24.5 Å². The number of nitrogens with zero attached hydrogens (tertiary/aromatic N) is 1. The highest BCUT2D eigenvalue weighted by atomic mass is 16.5. The van der Waals surface area contributed by atoms with Crippen LogP contribution in [0.25, 0.3) is 0 Å². The van der Waals surface area contributed by atoms with E-state index in [2.05, 4.69) is 42.8 Å². The van der Waals surface area contributed by atoms with Crippen LogP contribution in [0.5, 0.6) is 0 Å². The maximum absolute atomic E-state index is 5.49. The van der Waals surface area contributed by atoms with Crippen molar-refractivity contribution >= 4 is 0 Å². The van der Waals surface area contributed by atoms with Gasteiger partial charge in [0.25, 0.3) is 0 Å². The molecule has 19 heavy (non-hydrogen) atoms. The lowest BCUT2D eigenvalue weighted by molar-refractivity contribution is -0.0316. The Morgan fingerprint density at radius 2 is 2.00 bits per heavy atom. The first kappa shape index (κ1) is 16.5. The second-order valence-electron chi connectivity index (χ2n) is 5.45. The Bertz CT molecular complexity index is 302. The Morgan fingerprint density at radius 1 is 1.32 bits per heavy atom. The zero-order valence-electron chi connectivity index (χ0n) is 13.1.